The number of thiocarbonyl (C=S) groups is 3. The third kappa shape index (κ3) is 9.27. The molecule has 3 fully saturated rings. The fraction of sp³-hybridized carbons (Fsp3) is 0.154. The number of carbonyl (C=O) groups is 3. The van der Waals surface area contributed by atoms with E-state index in [1.54, 1.807) is 87.5 Å². The van der Waals surface area contributed by atoms with Crippen molar-refractivity contribution in [3.63, 3.8) is 0 Å². The molecule has 3 aromatic carbocycles. The van der Waals surface area contributed by atoms with Crippen LogP contribution in [0.15, 0.2) is 87.5 Å². The molecule has 7 rings (SSSR count). The first-order valence-electron chi connectivity index (χ1n) is 17.4. The average Bonchev–Trinajstić information content (AvgIpc) is 3.72. The first-order valence-corrected chi connectivity index (χ1v) is 21.0. The van der Waals surface area contributed by atoms with Gasteiger partial charge in [0.2, 0.25) is 0 Å². The SMILES string of the molecule is CCN1C(=O)/C(=C/c2cccc(Oc3nc(Oc4cccc(/C=C5\SC(=S)N(CC)C5=O)c4)nc(Oc4cccc(/C=C5/SC(=S)N(CC)C5=O)c4)n3)c2)SC1=S. The second-order valence-electron chi connectivity index (χ2n) is 12.0. The maximum atomic E-state index is 12.8. The van der Waals surface area contributed by atoms with E-state index in [4.69, 9.17) is 50.9 Å². The van der Waals surface area contributed by atoms with Gasteiger partial charge in [-0.1, -0.05) is 108 Å². The van der Waals surface area contributed by atoms with E-state index in [1.807, 2.05) is 39.0 Å². The number of hydrogen-bond donors (Lipinski definition) is 0. The van der Waals surface area contributed by atoms with E-state index in [-0.39, 0.29) is 35.8 Å². The van der Waals surface area contributed by atoms with Crippen LogP contribution in [0.25, 0.3) is 18.2 Å². The molecule has 3 saturated heterocycles. The summed E-state index contributed by atoms with van der Waals surface area (Å²) < 4.78 is 19.9. The predicted molar refractivity (Wildman–Crippen MR) is 236 cm³/mol. The molecule has 3 aliphatic rings. The summed E-state index contributed by atoms with van der Waals surface area (Å²) in [5.74, 6) is 0.655. The summed E-state index contributed by atoms with van der Waals surface area (Å²) in [6.45, 7) is 7.07. The second-order valence-corrected chi connectivity index (χ2v) is 17.0. The fourth-order valence-electron chi connectivity index (χ4n) is 5.55. The van der Waals surface area contributed by atoms with E-state index < -0.39 is 0 Å². The summed E-state index contributed by atoms with van der Waals surface area (Å²) in [6.07, 6.45) is 5.25. The van der Waals surface area contributed by atoms with Crippen LogP contribution in [-0.4, -0.2) is 80.0 Å². The molecule has 0 bridgehead atoms. The van der Waals surface area contributed by atoms with Crippen molar-refractivity contribution in [3.05, 3.63) is 104 Å². The topological polar surface area (TPSA) is 127 Å². The molecule has 4 heterocycles. The summed E-state index contributed by atoms with van der Waals surface area (Å²) >= 11 is 19.8. The minimum atomic E-state index is -0.152. The van der Waals surface area contributed by atoms with Gasteiger partial charge in [0.05, 0.1) is 14.7 Å². The Morgan fingerprint density at radius 2 is 0.789 bits per heavy atom. The van der Waals surface area contributed by atoms with Crippen LogP contribution in [0.2, 0.25) is 0 Å². The van der Waals surface area contributed by atoms with Crippen LogP contribution in [0, 0.1) is 0 Å². The Morgan fingerprint density at radius 1 is 0.509 bits per heavy atom. The van der Waals surface area contributed by atoms with Crippen LogP contribution >= 0.6 is 71.9 Å². The predicted octanol–water partition coefficient (Wildman–Crippen LogP) is 8.91. The molecule has 0 atom stereocenters. The highest BCUT2D eigenvalue weighted by molar-refractivity contribution is 8.27. The highest BCUT2D eigenvalue weighted by Crippen LogP contribution is 2.36. The zero-order chi connectivity index (χ0) is 40.2. The van der Waals surface area contributed by atoms with Crippen molar-refractivity contribution >= 4 is 121 Å². The molecular weight excluding hydrogens is 841 g/mol. The van der Waals surface area contributed by atoms with E-state index in [0.717, 1.165) is 0 Å². The molecule has 57 heavy (non-hydrogen) atoms. The van der Waals surface area contributed by atoms with Gasteiger partial charge in [-0.2, -0.15) is 0 Å². The third-order valence-corrected chi connectivity index (χ3v) is 12.4. The molecule has 0 aliphatic carbocycles. The number of aromatic nitrogens is 3. The van der Waals surface area contributed by atoms with Crippen molar-refractivity contribution in [1.29, 1.82) is 0 Å². The van der Waals surface area contributed by atoms with Gasteiger partial charge in [-0.3, -0.25) is 29.1 Å². The number of carbonyl (C=O) groups excluding carboxylic acids is 3. The molecule has 12 nitrogen and oxygen atoms in total. The maximum Gasteiger partial charge on any atom is 0.331 e. The molecular formula is C39H30N6O6S6. The van der Waals surface area contributed by atoms with E-state index in [0.29, 0.717) is 81.3 Å². The van der Waals surface area contributed by atoms with Gasteiger partial charge in [-0.25, -0.2) is 0 Å². The van der Waals surface area contributed by atoms with Gasteiger partial charge >= 0.3 is 18.0 Å². The Balaban J connectivity index is 1.18. The van der Waals surface area contributed by atoms with Gasteiger partial charge in [-0.05, 0) is 92.1 Å². The van der Waals surface area contributed by atoms with E-state index >= 15 is 0 Å². The zero-order valence-corrected chi connectivity index (χ0v) is 35.3. The molecule has 3 amide bonds. The van der Waals surface area contributed by atoms with Gasteiger partial charge in [0.15, 0.2) is 0 Å². The number of hydrogen-bond acceptors (Lipinski definition) is 15. The van der Waals surface area contributed by atoms with Crippen molar-refractivity contribution in [1.82, 2.24) is 29.7 Å². The number of amides is 3. The van der Waals surface area contributed by atoms with Crippen LogP contribution in [0.3, 0.4) is 0 Å². The van der Waals surface area contributed by atoms with Gasteiger partial charge < -0.3 is 14.2 Å². The van der Waals surface area contributed by atoms with Crippen molar-refractivity contribution in [2.45, 2.75) is 20.8 Å². The Morgan fingerprint density at radius 3 is 1.04 bits per heavy atom. The number of rotatable bonds is 12. The Labute approximate surface area is 356 Å². The number of ether oxygens (including phenoxy) is 3. The molecule has 4 aromatic rings. The summed E-state index contributed by atoms with van der Waals surface area (Å²) in [5, 5.41) is 0. The molecule has 0 unspecified atom stereocenters. The lowest BCUT2D eigenvalue weighted by Crippen LogP contribution is -2.27. The average molecular weight is 871 g/mol. The van der Waals surface area contributed by atoms with E-state index in [9.17, 15) is 14.4 Å². The summed E-state index contributed by atoms with van der Waals surface area (Å²) in [5.41, 5.74) is 2.10. The third-order valence-electron chi connectivity index (χ3n) is 8.24. The number of benzene rings is 3. The van der Waals surface area contributed by atoms with Crippen molar-refractivity contribution in [3.8, 4) is 35.3 Å². The Kier molecular flexibility index (Phi) is 12.5. The quantitative estimate of drug-likeness (QED) is 0.0993. The van der Waals surface area contributed by atoms with Crippen LogP contribution < -0.4 is 14.2 Å². The highest BCUT2D eigenvalue weighted by atomic mass is 32.2. The first-order chi connectivity index (χ1) is 27.5. The van der Waals surface area contributed by atoms with Crippen LogP contribution in [0.5, 0.6) is 35.3 Å². The largest absolute Gasteiger partial charge is 0.424 e. The smallest absolute Gasteiger partial charge is 0.331 e. The normalized spacial score (nSPS) is 17.9. The van der Waals surface area contributed by atoms with Gasteiger partial charge in [-0.15, -0.1) is 15.0 Å². The zero-order valence-electron chi connectivity index (χ0n) is 30.4. The minimum absolute atomic E-state index is 0.136. The van der Waals surface area contributed by atoms with Crippen LogP contribution in [0.4, 0.5) is 0 Å². The second kappa shape index (κ2) is 17.7. The molecule has 0 spiro atoms. The molecule has 0 N–H and O–H groups in total. The lowest BCUT2D eigenvalue weighted by Gasteiger charge is -2.11. The summed E-state index contributed by atoms with van der Waals surface area (Å²) in [6, 6.07) is 20.8. The van der Waals surface area contributed by atoms with E-state index in [2.05, 4.69) is 15.0 Å². The highest BCUT2D eigenvalue weighted by Gasteiger charge is 2.32. The van der Waals surface area contributed by atoms with Crippen LogP contribution in [0.1, 0.15) is 37.5 Å². The number of likely N-dealkylation sites (N-methyl/N-ethyl adjacent to an activating group) is 3. The fourth-order valence-corrected chi connectivity index (χ4v) is 9.70. The standard InChI is InChI=1S/C39H30N6O6S6/c1-4-43-31(46)28(55-37(43)52)19-22-10-7-13-25(16-22)49-34-40-35(50-26-14-8-11-23(17-26)20-29-32(47)44(5-2)38(53)56-29)42-36(41-34)51-27-15-9-12-24(18-27)21-30-33(48)45(6-3)39(54)57-30/h7-21H,4-6H2,1-3H3/b28-19-,29-20-,30-21+. The van der Waals surface area contributed by atoms with Crippen molar-refractivity contribution in [2.24, 2.45) is 0 Å². The van der Waals surface area contributed by atoms with E-state index in [1.165, 1.54) is 35.3 Å². The first kappa shape index (κ1) is 40.2. The van der Waals surface area contributed by atoms with Crippen LogP contribution in [-0.2, 0) is 14.4 Å². The van der Waals surface area contributed by atoms with Crippen molar-refractivity contribution < 1.29 is 28.6 Å². The molecule has 0 radical (unpaired) electrons. The lowest BCUT2D eigenvalue weighted by atomic mass is 10.2. The number of thioether (sulfide) groups is 3. The van der Waals surface area contributed by atoms with Crippen molar-refractivity contribution in [2.75, 3.05) is 19.6 Å². The maximum absolute atomic E-state index is 12.8. The Bertz CT molecular complexity index is 2180. The molecule has 288 valence electrons. The summed E-state index contributed by atoms with van der Waals surface area (Å²) in [4.78, 5) is 57.9. The van der Waals surface area contributed by atoms with Gasteiger partial charge in [0.25, 0.3) is 17.7 Å². The monoisotopic (exact) mass is 870 g/mol. The minimum Gasteiger partial charge on any atom is -0.424 e. The lowest BCUT2D eigenvalue weighted by molar-refractivity contribution is -0.122. The number of nitrogens with zero attached hydrogens (tertiary/aromatic N) is 6. The molecule has 0 saturated carbocycles. The van der Waals surface area contributed by atoms with Gasteiger partial charge in [0.1, 0.15) is 30.2 Å². The summed E-state index contributed by atoms with van der Waals surface area (Å²) in [7, 11) is 0. The molecule has 1 aromatic heterocycles. The molecule has 3 aliphatic heterocycles. The molecule has 18 heteroatoms. The van der Waals surface area contributed by atoms with Gasteiger partial charge in [0, 0.05) is 19.6 Å². The Hall–Kier alpha value is -4.98.